The van der Waals surface area contributed by atoms with Crippen molar-refractivity contribution in [1.29, 1.82) is 0 Å². The van der Waals surface area contributed by atoms with Gasteiger partial charge in [0.25, 0.3) is 0 Å². The first-order valence-electron chi connectivity index (χ1n) is 30.1. The Morgan fingerprint density at radius 2 is 0.711 bits per heavy atom. The molecule has 76 heavy (non-hydrogen) atoms. The van der Waals surface area contributed by atoms with Crippen LogP contribution in [0.3, 0.4) is 0 Å². The van der Waals surface area contributed by atoms with Crippen LogP contribution >= 0.6 is 7.82 Å². The summed E-state index contributed by atoms with van der Waals surface area (Å²) < 4.78 is 39.5. The average molecular weight is 1090 g/mol. The fourth-order valence-electron chi connectivity index (χ4n) is 7.89. The zero-order valence-corrected chi connectivity index (χ0v) is 49.1. The molecule has 0 aromatic carbocycles. The molecular weight excluding hydrogens is 976 g/mol. The Bertz CT molecular complexity index is 1640. The maximum atomic E-state index is 12.9. The molecule has 2 N–H and O–H groups in total. The van der Waals surface area contributed by atoms with Gasteiger partial charge in [0.05, 0.1) is 19.8 Å². The van der Waals surface area contributed by atoms with E-state index in [0.29, 0.717) is 19.3 Å². The smallest absolute Gasteiger partial charge is 0.462 e. The number of carbonyl (C=O) groups excluding carboxylic acids is 3. The molecule has 0 heterocycles. The van der Waals surface area contributed by atoms with Crippen molar-refractivity contribution in [3.63, 3.8) is 0 Å². The number of aliphatic hydroxyl groups is 1. The lowest BCUT2D eigenvalue weighted by Gasteiger charge is -2.21. The number of carbonyl (C=O) groups is 3. The minimum Gasteiger partial charge on any atom is -0.462 e. The summed E-state index contributed by atoms with van der Waals surface area (Å²) in [5, 5.41) is 9.83. The third kappa shape index (κ3) is 55.2. The lowest BCUT2D eigenvalue weighted by atomic mass is 10.1. The van der Waals surface area contributed by atoms with E-state index >= 15 is 0 Å². The van der Waals surface area contributed by atoms with Gasteiger partial charge in [-0.05, 0) is 116 Å². The summed E-state index contributed by atoms with van der Waals surface area (Å²) in [6.07, 6.45) is 67.9. The number of aliphatic hydroxyl groups excluding tert-OH is 1. The summed E-state index contributed by atoms with van der Waals surface area (Å²) in [6, 6.07) is 0. The Morgan fingerprint density at radius 1 is 0.382 bits per heavy atom. The Balaban J connectivity index is 4.76. The van der Waals surface area contributed by atoms with E-state index in [-0.39, 0.29) is 25.9 Å². The molecule has 0 aliphatic heterocycles. The van der Waals surface area contributed by atoms with Crippen LogP contribution in [0.2, 0.25) is 0 Å². The second-order valence-electron chi connectivity index (χ2n) is 19.8. The third-order valence-electron chi connectivity index (χ3n) is 12.4. The number of phosphoric acid groups is 1. The first-order valence-corrected chi connectivity index (χ1v) is 31.6. The molecule has 0 bridgehead atoms. The van der Waals surface area contributed by atoms with E-state index in [1.165, 1.54) is 64.2 Å². The number of phosphoric ester groups is 1. The molecule has 0 saturated heterocycles. The molecule has 0 aliphatic carbocycles. The number of hydrogen-bond acceptors (Lipinski definition) is 10. The van der Waals surface area contributed by atoms with Gasteiger partial charge in [0, 0.05) is 19.3 Å². The Kier molecular flexibility index (Phi) is 54.8. The van der Waals surface area contributed by atoms with Gasteiger partial charge in [0.2, 0.25) is 0 Å². The molecule has 0 spiro atoms. The minimum absolute atomic E-state index is 0.121. The van der Waals surface area contributed by atoms with Crippen molar-refractivity contribution in [2.75, 3.05) is 26.4 Å². The van der Waals surface area contributed by atoms with Crippen LogP contribution in [-0.2, 0) is 42.2 Å². The number of rotatable bonds is 55. The SMILES string of the molecule is CC/C=C\C/C=C\C/C=C\C/C=C\C/C=C\CCCCCC(=O)OC(COC(=O)CCCCCCC/C=C\C/C=C\CCC)COP(=O)(O)OCC(CO)OC(=O)CCCCCCCCC/C=C\CCCCCCCC. The van der Waals surface area contributed by atoms with Crippen molar-refractivity contribution in [3.8, 4) is 0 Å². The molecule has 12 heteroatoms. The van der Waals surface area contributed by atoms with Gasteiger partial charge in [-0.2, -0.15) is 0 Å². The quantitative estimate of drug-likeness (QED) is 0.0197. The van der Waals surface area contributed by atoms with Gasteiger partial charge in [0.1, 0.15) is 12.7 Å². The van der Waals surface area contributed by atoms with Crippen LogP contribution in [0.5, 0.6) is 0 Å². The number of ether oxygens (including phenoxy) is 3. The van der Waals surface area contributed by atoms with E-state index in [0.717, 1.165) is 128 Å². The summed E-state index contributed by atoms with van der Waals surface area (Å²) >= 11 is 0. The first kappa shape index (κ1) is 72.4. The largest absolute Gasteiger partial charge is 0.472 e. The Hall–Kier alpha value is -3.60. The van der Waals surface area contributed by atoms with Gasteiger partial charge in [-0.15, -0.1) is 0 Å². The lowest BCUT2D eigenvalue weighted by molar-refractivity contribution is -0.161. The average Bonchev–Trinajstić information content (AvgIpc) is 3.41. The van der Waals surface area contributed by atoms with Crippen molar-refractivity contribution in [1.82, 2.24) is 0 Å². The summed E-state index contributed by atoms with van der Waals surface area (Å²) in [6.45, 7) is 4.41. The number of unbranched alkanes of at least 4 members (excludes halogenated alkanes) is 22. The molecular formula is C64H109O11P. The van der Waals surface area contributed by atoms with Gasteiger partial charge in [-0.3, -0.25) is 23.4 Å². The molecule has 0 radical (unpaired) electrons. The van der Waals surface area contributed by atoms with Crippen LogP contribution in [0.1, 0.15) is 252 Å². The van der Waals surface area contributed by atoms with Crippen molar-refractivity contribution in [3.05, 3.63) is 97.2 Å². The highest BCUT2D eigenvalue weighted by Gasteiger charge is 2.28. The Labute approximate surface area is 463 Å². The standard InChI is InChI=1S/C64H109O11P/c1-4-7-10-13-16-19-22-25-27-29-30-32-34-37-40-43-46-49-52-55-64(68)75-61(57-71-62(66)53-50-47-44-41-38-35-24-21-18-15-12-9-6-3)59-73-76(69,70)72-58-60(56-65)74-63(67)54-51-48-45-42-39-36-33-31-28-26-23-20-17-14-11-8-5-2/h7,10,12,15-16,19,21,24-28,30,32,37,40,60-61,65H,4-6,8-9,11,13-14,17-18,20,22-23,29,31,33-36,38-39,41-59H2,1-3H3,(H,69,70)/b10-7-,15-12-,19-16-,24-21-,27-25-,28-26-,32-30-,40-37-. The molecule has 3 atom stereocenters. The molecule has 436 valence electrons. The van der Waals surface area contributed by atoms with E-state index in [4.69, 9.17) is 23.3 Å². The number of hydrogen-bond donors (Lipinski definition) is 2. The van der Waals surface area contributed by atoms with Crippen LogP contribution in [0.4, 0.5) is 0 Å². The van der Waals surface area contributed by atoms with Crippen LogP contribution in [0.15, 0.2) is 97.2 Å². The molecule has 0 amide bonds. The molecule has 0 fully saturated rings. The van der Waals surface area contributed by atoms with Crippen molar-refractivity contribution >= 4 is 25.7 Å². The summed E-state index contributed by atoms with van der Waals surface area (Å²) in [5.74, 6) is -1.53. The van der Waals surface area contributed by atoms with Gasteiger partial charge in [-0.1, -0.05) is 214 Å². The van der Waals surface area contributed by atoms with Crippen LogP contribution in [0.25, 0.3) is 0 Å². The van der Waals surface area contributed by atoms with E-state index in [1.54, 1.807) is 0 Å². The second-order valence-corrected chi connectivity index (χ2v) is 21.2. The molecule has 11 nitrogen and oxygen atoms in total. The second kappa shape index (κ2) is 57.6. The first-order chi connectivity index (χ1) is 37.2. The van der Waals surface area contributed by atoms with Gasteiger partial charge in [0.15, 0.2) is 6.10 Å². The minimum atomic E-state index is -4.77. The zero-order valence-electron chi connectivity index (χ0n) is 48.2. The van der Waals surface area contributed by atoms with Crippen LogP contribution < -0.4 is 0 Å². The highest BCUT2D eigenvalue weighted by atomic mass is 31.2. The van der Waals surface area contributed by atoms with Gasteiger partial charge >= 0.3 is 25.7 Å². The Morgan fingerprint density at radius 3 is 1.13 bits per heavy atom. The zero-order chi connectivity index (χ0) is 55.5. The topological polar surface area (TPSA) is 155 Å². The normalized spacial score (nSPS) is 14.0. The monoisotopic (exact) mass is 1080 g/mol. The summed E-state index contributed by atoms with van der Waals surface area (Å²) in [5.41, 5.74) is 0. The fourth-order valence-corrected chi connectivity index (χ4v) is 8.67. The molecule has 0 aliphatic rings. The van der Waals surface area contributed by atoms with Crippen molar-refractivity contribution in [2.24, 2.45) is 0 Å². The highest BCUT2D eigenvalue weighted by Crippen LogP contribution is 2.43. The van der Waals surface area contributed by atoms with Gasteiger partial charge in [-0.25, -0.2) is 4.57 Å². The summed E-state index contributed by atoms with van der Waals surface area (Å²) in [7, 11) is -4.77. The fraction of sp³-hybridized carbons (Fsp3) is 0.703. The van der Waals surface area contributed by atoms with E-state index < -0.39 is 57.8 Å². The predicted molar refractivity (Wildman–Crippen MR) is 316 cm³/mol. The van der Waals surface area contributed by atoms with Crippen molar-refractivity contribution < 1.29 is 52.2 Å². The molecule has 0 aromatic heterocycles. The third-order valence-corrected chi connectivity index (χ3v) is 13.4. The van der Waals surface area contributed by atoms with Crippen molar-refractivity contribution in [2.45, 2.75) is 264 Å². The van der Waals surface area contributed by atoms with E-state index in [1.807, 2.05) is 0 Å². The molecule has 0 saturated carbocycles. The van der Waals surface area contributed by atoms with Crippen LogP contribution in [-0.4, -0.2) is 66.5 Å². The number of allylic oxidation sites excluding steroid dienone is 16. The maximum Gasteiger partial charge on any atom is 0.472 e. The molecule has 0 rings (SSSR count). The van der Waals surface area contributed by atoms with E-state index in [2.05, 4.69) is 118 Å². The highest BCUT2D eigenvalue weighted by molar-refractivity contribution is 7.47. The lowest BCUT2D eigenvalue weighted by Crippen LogP contribution is -2.30. The van der Waals surface area contributed by atoms with Crippen LogP contribution in [0, 0.1) is 0 Å². The maximum absolute atomic E-state index is 12.9. The predicted octanol–water partition coefficient (Wildman–Crippen LogP) is 18.0. The van der Waals surface area contributed by atoms with E-state index in [9.17, 15) is 28.9 Å². The number of esters is 3. The van der Waals surface area contributed by atoms with Gasteiger partial charge < -0.3 is 24.2 Å². The molecule has 3 unspecified atom stereocenters. The molecule has 0 aromatic rings. The summed E-state index contributed by atoms with van der Waals surface area (Å²) in [4.78, 5) is 48.6.